The Morgan fingerprint density at radius 3 is 2.25 bits per heavy atom. The molecule has 0 spiro atoms. The summed E-state index contributed by atoms with van der Waals surface area (Å²) in [4.78, 5) is 3.87. The molecular formula is C19H19N3O4S2. The van der Waals surface area contributed by atoms with E-state index in [1.54, 1.807) is 30.3 Å². The molecule has 146 valence electrons. The Morgan fingerprint density at radius 2 is 1.61 bits per heavy atom. The first kappa shape index (κ1) is 19.8. The van der Waals surface area contributed by atoms with Gasteiger partial charge in [-0.2, -0.15) is 0 Å². The lowest BCUT2D eigenvalue weighted by molar-refractivity contribution is 0.599. The summed E-state index contributed by atoms with van der Waals surface area (Å²) in [6.45, 7) is 1.89. The number of anilines is 2. The molecule has 0 saturated carbocycles. The Labute approximate surface area is 164 Å². The fourth-order valence-electron chi connectivity index (χ4n) is 2.58. The highest BCUT2D eigenvalue weighted by Crippen LogP contribution is 2.19. The summed E-state index contributed by atoms with van der Waals surface area (Å²) in [5, 5.41) is 0. The summed E-state index contributed by atoms with van der Waals surface area (Å²) in [6.07, 6.45) is 2.93. The van der Waals surface area contributed by atoms with Crippen molar-refractivity contribution in [1.82, 2.24) is 4.98 Å². The van der Waals surface area contributed by atoms with Crippen LogP contribution < -0.4 is 9.44 Å². The first-order chi connectivity index (χ1) is 13.2. The molecule has 28 heavy (non-hydrogen) atoms. The Balaban J connectivity index is 1.71. The van der Waals surface area contributed by atoms with E-state index < -0.39 is 20.0 Å². The van der Waals surface area contributed by atoms with Gasteiger partial charge in [-0.15, -0.1) is 0 Å². The van der Waals surface area contributed by atoms with Gasteiger partial charge in [0, 0.05) is 11.9 Å². The van der Waals surface area contributed by atoms with Gasteiger partial charge in [0.2, 0.25) is 10.0 Å². The van der Waals surface area contributed by atoms with E-state index in [1.165, 1.54) is 36.7 Å². The van der Waals surface area contributed by atoms with Crippen molar-refractivity contribution in [2.24, 2.45) is 0 Å². The molecule has 0 aliphatic carbocycles. The molecule has 0 aliphatic rings. The van der Waals surface area contributed by atoms with E-state index >= 15 is 0 Å². The molecule has 7 nitrogen and oxygen atoms in total. The van der Waals surface area contributed by atoms with Crippen LogP contribution in [0.4, 0.5) is 11.4 Å². The average molecular weight is 418 g/mol. The van der Waals surface area contributed by atoms with Gasteiger partial charge < -0.3 is 0 Å². The van der Waals surface area contributed by atoms with Crippen LogP contribution in [-0.2, 0) is 25.8 Å². The lowest BCUT2D eigenvalue weighted by Gasteiger charge is -2.10. The van der Waals surface area contributed by atoms with Crippen LogP contribution in [0.1, 0.15) is 11.1 Å². The number of pyridine rings is 1. The van der Waals surface area contributed by atoms with Crippen LogP contribution in [0.3, 0.4) is 0 Å². The normalized spacial score (nSPS) is 11.8. The van der Waals surface area contributed by atoms with Crippen LogP contribution in [0.25, 0.3) is 0 Å². The summed E-state index contributed by atoms with van der Waals surface area (Å²) >= 11 is 0. The zero-order chi connectivity index (χ0) is 20.2. The summed E-state index contributed by atoms with van der Waals surface area (Å²) in [7, 11) is -7.42. The van der Waals surface area contributed by atoms with E-state index in [9.17, 15) is 16.8 Å². The topological polar surface area (TPSA) is 105 Å². The lowest BCUT2D eigenvalue weighted by Crippen LogP contribution is -2.16. The predicted molar refractivity (Wildman–Crippen MR) is 109 cm³/mol. The van der Waals surface area contributed by atoms with Gasteiger partial charge in [0.05, 0.1) is 22.5 Å². The number of rotatable bonds is 7. The summed E-state index contributed by atoms with van der Waals surface area (Å²) in [5.74, 6) is -0.169. The number of nitrogens with zero attached hydrogens (tertiary/aromatic N) is 1. The molecule has 3 rings (SSSR count). The molecular weight excluding hydrogens is 398 g/mol. The summed E-state index contributed by atoms with van der Waals surface area (Å²) in [6, 6.07) is 15.9. The van der Waals surface area contributed by atoms with Gasteiger partial charge in [-0.1, -0.05) is 29.8 Å². The van der Waals surface area contributed by atoms with Crippen molar-refractivity contribution in [3.05, 3.63) is 84.2 Å². The van der Waals surface area contributed by atoms with Crippen molar-refractivity contribution in [3.8, 4) is 0 Å². The predicted octanol–water partition coefficient (Wildman–Crippen LogP) is 3.13. The fraction of sp³-hybridized carbons (Fsp3) is 0.105. The Morgan fingerprint density at radius 1 is 0.857 bits per heavy atom. The largest absolute Gasteiger partial charge is 0.283 e. The minimum Gasteiger partial charge on any atom is -0.283 e. The Hall–Kier alpha value is -2.91. The zero-order valence-electron chi connectivity index (χ0n) is 15.0. The highest BCUT2D eigenvalue weighted by Gasteiger charge is 2.16. The quantitative estimate of drug-likeness (QED) is 0.614. The van der Waals surface area contributed by atoms with Crippen LogP contribution in [0, 0.1) is 6.92 Å². The second-order valence-corrected chi connectivity index (χ2v) is 9.63. The van der Waals surface area contributed by atoms with Gasteiger partial charge in [-0.05, 0) is 48.9 Å². The molecule has 0 aliphatic heterocycles. The molecule has 3 aromatic rings. The SMILES string of the molecule is Cc1cccc(CS(=O)(=O)Nc2ccc(S(=O)(=O)Nc3cccnc3)cc2)c1. The molecule has 0 amide bonds. The van der Waals surface area contributed by atoms with E-state index in [0.717, 1.165) is 5.56 Å². The van der Waals surface area contributed by atoms with E-state index in [2.05, 4.69) is 14.4 Å². The van der Waals surface area contributed by atoms with Gasteiger partial charge in [-0.25, -0.2) is 16.8 Å². The standard InChI is InChI=1S/C19H19N3O4S2/c1-15-4-2-5-16(12-15)14-27(23,24)21-17-7-9-19(10-8-17)28(25,26)22-18-6-3-11-20-13-18/h2-13,21-22H,14H2,1H3. The monoisotopic (exact) mass is 417 g/mol. The summed E-state index contributed by atoms with van der Waals surface area (Å²) < 4.78 is 54.4. The van der Waals surface area contributed by atoms with Crippen molar-refractivity contribution < 1.29 is 16.8 Å². The maximum Gasteiger partial charge on any atom is 0.261 e. The number of nitrogens with one attached hydrogen (secondary N) is 2. The maximum atomic E-state index is 12.4. The molecule has 1 aromatic heterocycles. The van der Waals surface area contributed by atoms with Crippen LogP contribution in [0.2, 0.25) is 0 Å². The number of hydrogen-bond donors (Lipinski definition) is 2. The third kappa shape index (κ3) is 5.30. The maximum absolute atomic E-state index is 12.4. The van der Waals surface area contributed by atoms with E-state index in [-0.39, 0.29) is 16.3 Å². The zero-order valence-corrected chi connectivity index (χ0v) is 16.7. The van der Waals surface area contributed by atoms with Gasteiger partial charge in [0.1, 0.15) is 0 Å². The minimum absolute atomic E-state index is 0.0120. The van der Waals surface area contributed by atoms with Gasteiger partial charge >= 0.3 is 0 Å². The van der Waals surface area contributed by atoms with Crippen molar-refractivity contribution in [2.45, 2.75) is 17.6 Å². The number of hydrogen-bond acceptors (Lipinski definition) is 5. The summed E-state index contributed by atoms with van der Waals surface area (Å²) in [5.41, 5.74) is 2.27. The number of benzene rings is 2. The number of aromatic nitrogens is 1. The van der Waals surface area contributed by atoms with Crippen molar-refractivity contribution in [2.75, 3.05) is 9.44 Å². The van der Waals surface area contributed by atoms with Gasteiger partial charge in [0.25, 0.3) is 10.0 Å². The highest BCUT2D eigenvalue weighted by atomic mass is 32.2. The van der Waals surface area contributed by atoms with Crippen molar-refractivity contribution in [3.63, 3.8) is 0 Å². The van der Waals surface area contributed by atoms with E-state index in [1.807, 2.05) is 13.0 Å². The molecule has 0 atom stereocenters. The molecule has 0 saturated heterocycles. The highest BCUT2D eigenvalue weighted by molar-refractivity contribution is 7.92. The molecule has 1 heterocycles. The number of aryl methyl sites for hydroxylation is 1. The third-order valence-electron chi connectivity index (χ3n) is 3.79. The minimum atomic E-state index is -3.79. The Bertz CT molecular complexity index is 1160. The smallest absolute Gasteiger partial charge is 0.261 e. The number of sulfonamides is 2. The van der Waals surface area contributed by atoms with Crippen LogP contribution in [0.15, 0.2) is 78.0 Å². The van der Waals surface area contributed by atoms with Gasteiger partial charge in [0.15, 0.2) is 0 Å². The Kier molecular flexibility index (Phi) is 5.66. The third-order valence-corrected chi connectivity index (χ3v) is 6.45. The second kappa shape index (κ2) is 7.99. The van der Waals surface area contributed by atoms with Crippen LogP contribution in [-0.4, -0.2) is 21.8 Å². The van der Waals surface area contributed by atoms with Crippen molar-refractivity contribution >= 4 is 31.4 Å². The van der Waals surface area contributed by atoms with E-state index in [4.69, 9.17) is 0 Å². The molecule has 0 bridgehead atoms. The second-order valence-electron chi connectivity index (χ2n) is 6.22. The van der Waals surface area contributed by atoms with Crippen molar-refractivity contribution in [1.29, 1.82) is 0 Å². The first-order valence-corrected chi connectivity index (χ1v) is 11.5. The molecule has 0 fully saturated rings. The van der Waals surface area contributed by atoms with E-state index in [0.29, 0.717) is 11.3 Å². The molecule has 9 heteroatoms. The molecule has 0 radical (unpaired) electrons. The lowest BCUT2D eigenvalue weighted by atomic mass is 10.2. The fourth-order valence-corrected chi connectivity index (χ4v) is 4.81. The van der Waals surface area contributed by atoms with Crippen LogP contribution >= 0.6 is 0 Å². The molecule has 0 unspecified atom stereocenters. The molecule has 2 N–H and O–H groups in total. The molecule has 2 aromatic carbocycles. The first-order valence-electron chi connectivity index (χ1n) is 8.32. The van der Waals surface area contributed by atoms with Gasteiger partial charge in [-0.3, -0.25) is 14.4 Å². The van der Waals surface area contributed by atoms with Crippen LogP contribution in [0.5, 0.6) is 0 Å². The average Bonchev–Trinajstić information content (AvgIpc) is 2.62.